The molecule has 0 saturated carbocycles. The maximum atomic E-state index is 12.0. The molecule has 0 N–H and O–H groups in total. The van der Waals surface area contributed by atoms with Crippen LogP contribution in [0, 0.1) is 11.3 Å². The van der Waals surface area contributed by atoms with Gasteiger partial charge in [0.25, 0.3) is 0 Å². The number of hydrogen-bond acceptors (Lipinski definition) is 5. The zero-order valence-corrected chi connectivity index (χ0v) is 13.6. The summed E-state index contributed by atoms with van der Waals surface area (Å²) in [5.41, 5.74) is 0.420. The smallest absolute Gasteiger partial charge is 0.349 e. The van der Waals surface area contributed by atoms with Gasteiger partial charge in [0.1, 0.15) is 5.75 Å². The molecule has 0 aromatic heterocycles. The summed E-state index contributed by atoms with van der Waals surface area (Å²) in [5, 5.41) is 11.0. The Balaban J connectivity index is 1.65. The third-order valence-electron chi connectivity index (χ3n) is 3.59. The van der Waals surface area contributed by atoms with E-state index in [0.29, 0.717) is 17.1 Å². The van der Waals surface area contributed by atoms with Crippen molar-refractivity contribution in [1.29, 1.82) is 5.26 Å². The first-order valence-corrected chi connectivity index (χ1v) is 7.60. The van der Waals surface area contributed by atoms with Crippen molar-refractivity contribution < 1.29 is 19.0 Å². The van der Waals surface area contributed by atoms with Gasteiger partial charge in [-0.25, -0.2) is 4.79 Å². The minimum Gasteiger partial charge on any atom is -0.493 e. The number of fused-ring (bicyclic) bond motifs is 1. The SMILES string of the molecule is COc1cc(C#N)ccc1OC(=O)COc1ccc2ccccc2c1. The summed E-state index contributed by atoms with van der Waals surface area (Å²) < 4.78 is 15.9. The predicted octanol–water partition coefficient (Wildman–Crippen LogP) is 3.70. The normalized spacial score (nSPS) is 10.1. The van der Waals surface area contributed by atoms with Crippen LogP contribution in [0.5, 0.6) is 17.2 Å². The Labute approximate surface area is 145 Å². The Kier molecular flexibility index (Phi) is 4.82. The number of esters is 1. The minimum atomic E-state index is -0.559. The zero-order chi connectivity index (χ0) is 17.6. The summed E-state index contributed by atoms with van der Waals surface area (Å²) >= 11 is 0. The summed E-state index contributed by atoms with van der Waals surface area (Å²) in [6, 6.07) is 20.1. The molecule has 0 saturated heterocycles. The van der Waals surface area contributed by atoms with Crippen LogP contribution in [0.15, 0.2) is 60.7 Å². The summed E-state index contributed by atoms with van der Waals surface area (Å²) in [6.45, 7) is -0.235. The standard InChI is InChI=1S/C20H15NO4/c1-23-19-10-14(12-21)6-9-18(19)25-20(22)13-24-17-8-7-15-4-2-3-5-16(15)11-17/h2-11H,13H2,1H3. The van der Waals surface area contributed by atoms with E-state index >= 15 is 0 Å². The number of carbonyl (C=O) groups is 1. The number of nitrogens with zero attached hydrogens (tertiary/aromatic N) is 1. The van der Waals surface area contributed by atoms with Crippen LogP contribution in [0.4, 0.5) is 0 Å². The highest BCUT2D eigenvalue weighted by molar-refractivity contribution is 5.84. The van der Waals surface area contributed by atoms with E-state index in [2.05, 4.69) is 0 Å². The van der Waals surface area contributed by atoms with Crippen molar-refractivity contribution >= 4 is 16.7 Å². The molecule has 0 atom stereocenters. The Morgan fingerprint density at radius 1 is 1.00 bits per heavy atom. The summed E-state index contributed by atoms with van der Waals surface area (Å²) in [6.07, 6.45) is 0. The molecule has 0 heterocycles. The average Bonchev–Trinajstić information content (AvgIpc) is 2.66. The molecule has 0 aliphatic carbocycles. The van der Waals surface area contributed by atoms with Gasteiger partial charge in [0.2, 0.25) is 0 Å². The molecule has 0 fully saturated rings. The van der Waals surface area contributed by atoms with E-state index < -0.39 is 5.97 Å². The van der Waals surface area contributed by atoms with Gasteiger partial charge in [-0.15, -0.1) is 0 Å². The third kappa shape index (κ3) is 3.88. The molecule has 0 aliphatic heterocycles. The molecule has 3 aromatic carbocycles. The number of hydrogen-bond donors (Lipinski definition) is 0. The van der Waals surface area contributed by atoms with Crippen LogP contribution in [0.25, 0.3) is 10.8 Å². The molecule has 0 radical (unpaired) electrons. The molecular formula is C20H15NO4. The van der Waals surface area contributed by atoms with Crippen molar-refractivity contribution in [2.24, 2.45) is 0 Å². The zero-order valence-electron chi connectivity index (χ0n) is 13.6. The lowest BCUT2D eigenvalue weighted by Gasteiger charge is -2.10. The van der Waals surface area contributed by atoms with Crippen molar-refractivity contribution in [3.05, 3.63) is 66.2 Å². The fourth-order valence-electron chi connectivity index (χ4n) is 2.37. The van der Waals surface area contributed by atoms with E-state index in [9.17, 15) is 4.79 Å². The molecule has 0 amide bonds. The van der Waals surface area contributed by atoms with Gasteiger partial charge in [0.15, 0.2) is 18.1 Å². The number of rotatable bonds is 5. The minimum absolute atomic E-state index is 0.235. The van der Waals surface area contributed by atoms with Gasteiger partial charge in [-0.3, -0.25) is 0 Å². The van der Waals surface area contributed by atoms with Gasteiger partial charge < -0.3 is 14.2 Å². The molecule has 5 nitrogen and oxygen atoms in total. The third-order valence-corrected chi connectivity index (χ3v) is 3.59. The second kappa shape index (κ2) is 7.37. The van der Waals surface area contributed by atoms with Gasteiger partial charge in [0.05, 0.1) is 18.7 Å². The second-order valence-electron chi connectivity index (χ2n) is 5.25. The molecule has 0 aliphatic rings. The lowest BCUT2D eigenvalue weighted by atomic mass is 10.1. The van der Waals surface area contributed by atoms with Crippen LogP contribution in [-0.2, 0) is 4.79 Å². The number of methoxy groups -OCH3 is 1. The Hall–Kier alpha value is -3.52. The first-order valence-electron chi connectivity index (χ1n) is 7.60. The lowest BCUT2D eigenvalue weighted by molar-refractivity contribution is -0.136. The molecule has 124 valence electrons. The van der Waals surface area contributed by atoms with Crippen LogP contribution >= 0.6 is 0 Å². The first kappa shape index (κ1) is 16.3. The number of carbonyl (C=O) groups excluding carboxylic acids is 1. The van der Waals surface area contributed by atoms with Crippen LogP contribution in [0.1, 0.15) is 5.56 Å². The maximum absolute atomic E-state index is 12.0. The summed E-state index contributed by atoms with van der Waals surface area (Å²) in [4.78, 5) is 12.0. The second-order valence-corrected chi connectivity index (χ2v) is 5.25. The average molecular weight is 333 g/mol. The highest BCUT2D eigenvalue weighted by Gasteiger charge is 2.12. The van der Waals surface area contributed by atoms with Crippen molar-refractivity contribution in [2.75, 3.05) is 13.7 Å². The summed E-state index contributed by atoms with van der Waals surface area (Å²) in [7, 11) is 1.44. The van der Waals surface area contributed by atoms with Gasteiger partial charge in [-0.2, -0.15) is 5.26 Å². The fraction of sp³-hybridized carbons (Fsp3) is 0.100. The van der Waals surface area contributed by atoms with E-state index in [0.717, 1.165) is 10.8 Å². The van der Waals surface area contributed by atoms with E-state index in [4.69, 9.17) is 19.5 Å². The highest BCUT2D eigenvalue weighted by Crippen LogP contribution is 2.28. The number of nitriles is 1. The molecule has 25 heavy (non-hydrogen) atoms. The highest BCUT2D eigenvalue weighted by atomic mass is 16.6. The summed E-state index contributed by atoms with van der Waals surface area (Å²) in [5.74, 6) is 0.588. The predicted molar refractivity (Wildman–Crippen MR) is 92.8 cm³/mol. The number of ether oxygens (including phenoxy) is 3. The largest absolute Gasteiger partial charge is 0.493 e. The molecule has 5 heteroatoms. The molecule has 0 spiro atoms. The van der Waals surface area contributed by atoms with Crippen molar-refractivity contribution in [3.63, 3.8) is 0 Å². The van der Waals surface area contributed by atoms with Crippen molar-refractivity contribution in [2.45, 2.75) is 0 Å². The lowest BCUT2D eigenvalue weighted by Crippen LogP contribution is -2.18. The fourth-order valence-corrected chi connectivity index (χ4v) is 2.37. The van der Waals surface area contributed by atoms with E-state index in [1.807, 2.05) is 42.5 Å². The van der Waals surface area contributed by atoms with E-state index in [1.54, 1.807) is 12.1 Å². The van der Waals surface area contributed by atoms with Gasteiger partial charge >= 0.3 is 5.97 Å². The van der Waals surface area contributed by atoms with Crippen molar-refractivity contribution in [1.82, 2.24) is 0 Å². The topological polar surface area (TPSA) is 68.5 Å². The van der Waals surface area contributed by atoms with Crippen LogP contribution in [0.3, 0.4) is 0 Å². The Morgan fingerprint density at radius 2 is 1.80 bits per heavy atom. The van der Waals surface area contributed by atoms with Gasteiger partial charge in [-0.05, 0) is 35.0 Å². The molecule has 0 unspecified atom stereocenters. The van der Waals surface area contributed by atoms with E-state index in [1.165, 1.54) is 19.2 Å². The number of benzene rings is 3. The molecule has 3 aromatic rings. The maximum Gasteiger partial charge on any atom is 0.349 e. The quantitative estimate of drug-likeness (QED) is 0.526. The van der Waals surface area contributed by atoms with Crippen LogP contribution in [0.2, 0.25) is 0 Å². The van der Waals surface area contributed by atoms with Crippen molar-refractivity contribution in [3.8, 4) is 23.3 Å². The molecular weight excluding hydrogens is 318 g/mol. The molecule has 0 bridgehead atoms. The molecule has 3 rings (SSSR count). The first-order chi connectivity index (χ1) is 12.2. The van der Waals surface area contributed by atoms with Gasteiger partial charge in [0, 0.05) is 6.07 Å². The van der Waals surface area contributed by atoms with Crippen LogP contribution in [-0.4, -0.2) is 19.7 Å². The monoisotopic (exact) mass is 333 g/mol. The Morgan fingerprint density at radius 3 is 2.56 bits per heavy atom. The van der Waals surface area contributed by atoms with E-state index in [-0.39, 0.29) is 12.4 Å². The van der Waals surface area contributed by atoms with Crippen LogP contribution < -0.4 is 14.2 Å². The Bertz CT molecular complexity index is 959. The van der Waals surface area contributed by atoms with Gasteiger partial charge in [-0.1, -0.05) is 30.3 Å².